The lowest BCUT2D eigenvalue weighted by Gasteiger charge is -2.30. The van der Waals surface area contributed by atoms with E-state index in [0.717, 1.165) is 24.2 Å². The summed E-state index contributed by atoms with van der Waals surface area (Å²) in [5, 5.41) is -0.0514. The van der Waals surface area contributed by atoms with Crippen LogP contribution in [0.4, 0.5) is 8.78 Å². The Labute approximate surface area is 129 Å². The highest BCUT2D eigenvalue weighted by Crippen LogP contribution is 2.59. The minimum absolute atomic E-state index is 0.0514. The Bertz CT molecular complexity index is 537. The fraction of sp³-hybridized carbons (Fsp3) is 0.500. The van der Waals surface area contributed by atoms with Gasteiger partial charge in [-0.2, -0.15) is 8.78 Å². The van der Waals surface area contributed by atoms with Crippen LogP contribution in [0.1, 0.15) is 11.1 Å². The molecule has 0 bridgehead atoms. The van der Waals surface area contributed by atoms with E-state index in [-0.39, 0.29) is 5.01 Å². The monoisotopic (exact) mass is 385 g/mol. The molecule has 118 valence electrons. The van der Waals surface area contributed by atoms with Crippen LogP contribution in [-0.2, 0) is 21.5 Å². The number of hydrogen-bond donors (Lipinski definition) is 2. The normalized spacial score (nSPS) is 21.5. The number of ether oxygens (including phenoxy) is 1. The molecule has 2 rings (SSSR count). The molecule has 1 unspecified atom stereocenters. The van der Waals surface area contributed by atoms with Crippen LogP contribution >= 0.6 is 23.5 Å². The highest BCUT2D eigenvalue weighted by molar-refractivity contribution is 9.09. The standard InChI is InChI=1S/C12H15BrF2NO4P/c13-11-8-16(5-6-20-11)7-9-1-3-10(4-2-9)12(14,15)21(17,18)19/h1-4,11H,5-8H2,(H2,17,18,19). The Morgan fingerprint density at radius 1 is 1.38 bits per heavy atom. The Morgan fingerprint density at radius 3 is 2.52 bits per heavy atom. The Morgan fingerprint density at radius 2 is 2.00 bits per heavy atom. The molecule has 1 aromatic carbocycles. The van der Waals surface area contributed by atoms with E-state index in [1.807, 2.05) is 0 Å². The largest absolute Gasteiger partial charge is 0.399 e. The van der Waals surface area contributed by atoms with Crippen LogP contribution in [0, 0.1) is 0 Å². The second kappa shape index (κ2) is 6.40. The molecule has 1 atom stereocenters. The highest BCUT2D eigenvalue weighted by atomic mass is 79.9. The molecule has 0 radical (unpaired) electrons. The molecule has 21 heavy (non-hydrogen) atoms. The number of rotatable bonds is 4. The summed E-state index contributed by atoms with van der Waals surface area (Å²) in [7, 11) is -5.52. The lowest BCUT2D eigenvalue weighted by molar-refractivity contribution is 0.0182. The van der Waals surface area contributed by atoms with E-state index in [1.165, 1.54) is 12.1 Å². The van der Waals surface area contributed by atoms with E-state index in [4.69, 9.17) is 14.5 Å². The van der Waals surface area contributed by atoms with Gasteiger partial charge in [-0.25, -0.2) is 0 Å². The van der Waals surface area contributed by atoms with Crippen LogP contribution in [0.3, 0.4) is 0 Å². The predicted molar refractivity (Wildman–Crippen MR) is 76.3 cm³/mol. The minimum Gasteiger partial charge on any atom is -0.364 e. The van der Waals surface area contributed by atoms with Crippen molar-refractivity contribution in [1.29, 1.82) is 0 Å². The molecule has 5 nitrogen and oxygen atoms in total. The maximum atomic E-state index is 13.5. The van der Waals surface area contributed by atoms with Crippen molar-refractivity contribution in [3.8, 4) is 0 Å². The average Bonchev–Trinajstić information content (AvgIpc) is 2.38. The van der Waals surface area contributed by atoms with Gasteiger partial charge >= 0.3 is 13.3 Å². The van der Waals surface area contributed by atoms with E-state index in [2.05, 4.69) is 20.8 Å². The molecule has 1 aliphatic rings. The number of morpholine rings is 1. The molecular formula is C12H15BrF2NO4P. The van der Waals surface area contributed by atoms with E-state index in [1.54, 1.807) is 0 Å². The SMILES string of the molecule is O=P(O)(O)C(F)(F)c1ccc(CN2CCOC(Br)C2)cc1. The van der Waals surface area contributed by atoms with E-state index >= 15 is 0 Å². The Balaban J connectivity index is 2.07. The van der Waals surface area contributed by atoms with Crippen LogP contribution < -0.4 is 0 Å². The third-order valence-corrected chi connectivity index (χ3v) is 4.72. The fourth-order valence-corrected chi connectivity index (χ4v) is 3.12. The Kier molecular flexibility index (Phi) is 5.18. The van der Waals surface area contributed by atoms with Gasteiger partial charge in [-0.15, -0.1) is 0 Å². The predicted octanol–water partition coefficient (Wildman–Crippen LogP) is 2.47. The summed E-state index contributed by atoms with van der Waals surface area (Å²) in [4.78, 5) is 19.5. The van der Waals surface area contributed by atoms with Crippen LogP contribution in [0.15, 0.2) is 24.3 Å². The van der Waals surface area contributed by atoms with Crippen molar-refractivity contribution in [3.63, 3.8) is 0 Å². The topological polar surface area (TPSA) is 70.0 Å². The van der Waals surface area contributed by atoms with Crippen molar-refractivity contribution in [1.82, 2.24) is 4.90 Å². The van der Waals surface area contributed by atoms with Gasteiger partial charge in [0.25, 0.3) is 0 Å². The third-order valence-electron chi connectivity index (χ3n) is 3.18. The van der Waals surface area contributed by atoms with E-state index in [9.17, 15) is 13.3 Å². The molecule has 9 heteroatoms. The zero-order valence-electron chi connectivity index (χ0n) is 11.0. The molecule has 0 spiro atoms. The quantitative estimate of drug-likeness (QED) is 0.615. The average molecular weight is 386 g/mol. The first-order chi connectivity index (χ1) is 9.70. The molecule has 1 aliphatic heterocycles. The number of hydrogen-bond acceptors (Lipinski definition) is 3. The smallest absolute Gasteiger partial charge is 0.364 e. The third kappa shape index (κ3) is 4.09. The van der Waals surface area contributed by atoms with Gasteiger partial charge in [-0.1, -0.05) is 40.2 Å². The van der Waals surface area contributed by atoms with Crippen LogP contribution in [0.25, 0.3) is 0 Å². The summed E-state index contributed by atoms with van der Waals surface area (Å²) in [5.41, 5.74) is -4.05. The van der Waals surface area contributed by atoms with Gasteiger partial charge in [0, 0.05) is 25.2 Å². The van der Waals surface area contributed by atoms with Crippen molar-refractivity contribution >= 4 is 23.5 Å². The summed E-state index contributed by atoms with van der Waals surface area (Å²) in [5.74, 6) is 0. The maximum absolute atomic E-state index is 13.5. The molecule has 1 heterocycles. The number of benzene rings is 1. The summed E-state index contributed by atoms with van der Waals surface area (Å²) in [6.07, 6.45) is 0. The summed E-state index contributed by atoms with van der Waals surface area (Å²) in [6.45, 7) is 2.57. The number of alkyl halides is 3. The molecule has 1 saturated heterocycles. The fourth-order valence-electron chi connectivity index (χ4n) is 2.04. The molecule has 1 aromatic rings. The first kappa shape index (κ1) is 17.0. The van der Waals surface area contributed by atoms with Crippen LogP contribution in [-0.4, -0.2) is 39.4 Å². The molecule has 0 amide bonds. The van der Waals surface area contributed by atoms with Gasteiger partial charge in [-0.3, -0.25) is 9.46 Å². The van der Waals surface area contributed by atoms with Gasteiger partial charge in [0.1, 0.15) is 5.01 Å². The Hall–Kier alpha value is -0.370. The van der Waals surface area contributed by atoms with Gasteiger partial charge in [0.2, 0.25) is 0 Å². The zero-order valence-corrected chi connectivity index (χ0v) is 13.4. The van der Waals surface area contributed by atoms with Gasteiger partial charge < -0.3 is 14.5 Å². The maximum Gasteiger partial charge on any atom is 0.399 e. The molecule has 2 N–H and O–H groups in total. The van der Waals surface area contributed by atoms with Crippen molar-refractivity contribution < 1.29 is 27.9 Å². The second-order valence-corrected chi connectivity index (χ2v) is 7.47. The lowest BCUT2D eigenvalue weighted by atomic mass is 10.1. The lowest BCUT2D eigenvalue weighted by Crippen LogP contribution is -2.39. The number of nitrogens with zero attached hydrogens (tertiary/aromatic N) is 1. The van der Waals surface area contributed by atoms with Crippen molar-refractivity contribution in [2.24, 2.45) is 0 Å². The van der Waals surface area contributed by atoms with E-state index < -0.39 is 18.8 Å². The second-order valence-electron chi connectivity index (χ2n) is 4.80. The summed E-state index contributed by atoms with van der Waals surface area (Å²) in [6, 6.07) is 5.02. The number of halogens is 3. The first-order valence-electron chi connectivity index (χ1n) is 6.21. The molecular weight excluding hydrogens is 371 g/mol. The van der Waals surface area contributed by atoms with Crippen molar-refractivity contribution in [2.45, 2.75) is 17.2 Å². The minimum atomic E-state index is -5.52. The van der Waals surface area contributed by atoms with Crippen LogP contribution in [0.5, 0.6) is 0 Å². The summed E-state index contributed by atoms with van der Waals surface area (Å²) >= 11 is 3.35. The van der Waals surface area contributed by atoms with E-state index in [0.29, 0.717) is 19.7 Å². The molecule has 0 aromatic heterocycles. The molecule has 1 fully saturated rings. The molecule has 0 saturated carbocycles. The van der Waals surface area contributed by atoms with Gasteiger partial charge in [0.15, 0.2) is 0 Å². The van der Waals surface area contributed by atoms with Crippen LogP contribution in [0.2, 0.25) is 0 Å². The van der Waals surface area contributed by atoms with Crippen molar-refractivity contribution in [2.75, 3.05) is 19.7 Å². The van der Waals surface area contributed by atoms with Crippen molar-refractivity contribution in [3.05, 3.63) is 35.4 Å². The summed E-state index contributed by atoms with van der Waals surface area (Å²) < 4.78 is 43.2. The molecule has 0 aliphatic carbocycles. The highest BCUT2D eigenvalue weighted by Gasteiger charge is 2.50. The zero-order chi connectivity index (χ0) is 15.7. The van der Waals surface area contributed by atoms with Gasteiger partial charge in [0.05, 0.1) is 6.61 Å². The first-order valence-corrected chi connectivity index (χ1v) is 8.74. The van der Waals surface area contributed by atoms with Gasteiger partial charge in [-0.05, 0) is 5.56 Å².